The molecule has 0 aromatic heterocycles. The van der Waals surface area contributed by atoms with Gasteiger partial charge < -0.3 is 15.7 Å². The summed E-state index contributed by atoms with van der Waals surface area (Å²) in [4.78, 5) is 22.4. The van der Waals surface area contributed by atoms with E-state index in [0.717, 1.165) is 19.4 Å². The Morgan fingerprint density at radius 1 is 1.28 bits per heavy atom. The zero-order chi connectivity index (χ0) is 14.0. The molecule has 0 aliphatic carbocycles. The summed E-state index contributed by atoms with van der Waals surface area (Å²) in [6.45, 7) is 7.10. The number of carboxylic acid groups (broad SMARTS) is 1. The summed E-state index contributed by atoms with van der Waals surface area (Å²) >= 11 is 0. The topological polar surface area (TPSA) is 78.4 Å². The molecule has 18 heavy (non-hydrogen) atoms. The van der Waals surface area contributed by atoms with Crippen molar-refractivity contribution in [3.8, 4) is 0 Å². The van der Waals surface area contributed by atoms with Crippen molar-refractivity contribution in [3.05, 3.63) is 0 Å². The van der Waals surface area contributed by atoms with Gasteiger partial charge in [0.15, 0.2) is 0 Å². The highest BCUT2D eigenvalue weighted by atomic mass is 16.4. The van der Waals surface area contributed by atoms with E-state index < -0.39 is 11.9 Å². The lowest BCUT2D eigenvalue weighted by molar-refractivity contribution is -0.141. The van der Waals surface area contributed by atoms with Gasteiger partial charge in [0.05, 0.1) is 5.92 Å². The first-order valence-corrected chi connectivity index (χ1v) is 6.70. The second-order valence-electron chi connectivity index (χ2n) is 4.84. The van der Waals surface area contributed by atoms with E-state index in [9.17, 15) is 9.59 Å². The Morgan fingerprint density at radius 3 is 2.44 bits per heavy atom. The Morgan fingerprint density at radius 2 is 1.94 bits per heavy atom. The molecule has 5 nitrogen and oxygen atoms in total. The van der Waals surface area contributed by atoms with Gasteiger partial charge in [-0.1, -0.05) is 27.2 Å². The minimum atomic E-state index is -0.835. The molecule has 1 unspecified atom stereocenters. The van der Waals surface area contributed by atoms with Crippen LogP contribution in [0.15, 0.2) is 0 Å². The van der Waals surface area contributed by atoms with E-state index in [1.165, 1.54) is 0 Å². The van der Waals surface area contributed by atoms with Crippen LogP contribution in [0.5, 0.6) is 0 Å². The first-order valence-electron chi connectivity index (χ1n) is 6.70. The molecule has 0 heterocycles. The third-order valence-corrected chi connectivity index (χ3v) is 2.67. The molecule has 5 heteroatoms. The summed E-state index contributed by atoms with van der Waals surface area (Å²) in [6.07, 6.45) is 2.63. The monoisotopic (exact) mass is 258 g/mol. The van der Waals surface area contributed by atoms with Gasteiger partial charge in [0.2, 0.25) is 5.91 Å². The van der Waals surface area contributed by atoms with Crippen LogP contribution in [-0.4, -0.2) is 36.1 Å². The molecule has 0 bridgehead atoms. The molecular weight excluding hydrogens is 232 g/mol. The minimum Gasteiger partial charge on any atom is -0.481 e. The maximum absolute atomic E-state index is 11.5. The van der Waals surface area contributed by atoms with Gasteiger partial charge in [0.25, 0.3) is 0 Å². The molecule has 0 aromatic rings. The number of hydrogen-bond acceptors (Lipinski definition) is 3. The lowest BCUT2D eigenvalue weighted by Gasteiger charge is -2.12. The van der Waals surface area contributed by atoms with Gasteiger partial charge in [-0.2, -0.15) is 0 Å². The highest BCUT2D eigenvalue weighted by Gasteiger charge is 2.16. The number of carbonyl (C=O) groups excluding carboxylic acids is 1. The van der Waals surface area contributed by atoms with Crippen LogP contribution in [0, 0.1) is 5.92 Å². The third-order valence-electron chi connectivity index (χ3n) is 2.67. The fraction of sp³-hybridized carbons (Fsp3) is 0.846. The van der Waals surface area contributed by atoms with Crippen LogP contribution < -0.4 is 10.6 Å². The van der Waals surface area contributed by atoms with Gasteiger partial charge in [0.1, 0.15) is 0 Å². The van der Waals surface area contributed by atoms with Crippen LogP contribution in [0.3, 0.4) is 0 Å². The largest absolute Gasteiger partial charge is 0.481 e. The van der Waals surface area contributed by atoms with Crippen LogP contribution in [0.25, 0.3) is 0 Å². The first-order chi connectivity index (χ1) is 8.47. The van der Waals surface area contributed by atoms with Crippen LogP contribution in [0.4, 0.5) is 0 Å². The third kappa shape index (κ3) is 8.98. The summed E-state index contributed by atoms with van der Waals surface area (Å²) in [7, 11) is 0. The molecule has 0 radical (unpaired) electrons. The first kappa shape index (κ1) is 16.9. The highest BCUT2D eigenvalue weighted by Crippen LogP contribution is 2.05. The second kappa shape index (κ2) is 9.88. The summed E-state index contributed by atoms with van der Waals surface area (Å²) in [5.74, 6) is -1.37. The average molecular weight is 258 g/mol. The molecule has 1 atom stereocenters. The molecule has 106 valence electrons. The maximum atomic E-state index is 11.5. The number of hydrogen-bond donors (Lipinski definition) is 3. The fourth-order valence-corrected chi connectivity index (χ4v) is 1.63. The summed E-state index contributed by atoms with van der Waals surface area (Å²) < 4.78 is 0. The van der Waals surface area contributed by atoms with E-state index in [-0.39, 0.29) is 12.5 Å². The van der Waals surface area contributed by atoms with Crippen molar-refractivity contribution in [1.29, 1.82) is 0 Å². The normalized spacial score (nSPS) is 12.4. The lowest BCUT2D eigenvalue weighted by atomic mass is 10.0. The number of carbonyl (C=O) groups is 2. The van der Waals surface area contributed by atoms with Gasteiger partial charge in [-0.3, -0.25) is 9.59 Å². The smallest absolute Gasteiger partial charge is 0.308 e. The fourth-order valence-electron chi connectivity index (χ4n) is 1.63. The van der Waals surface area contributed by atoms with Crippen molar-refractivity contribution in [1.82, 2.24) is 10.6 Å². The zero-order valence-electron chi connectivity index (χ0n) is 11.7. The van der Waals surface area contributed by atoms with Crippen LogP contribution >= 0.6 is 0 Å². The van der Waals surface area contributed by atoms with E-state index in [4.69, 9.17) is 5.11 Å². The Labute approximate surface area is 109 Å². The number of rotatable bonds is 10. The summed E-state index contributed by atoms with van der Waals surface area (Å²) in [6, 6.07) is 0.425. The molecule has 0 aliphatic heterocycles. The molecule has 0 fully saturated rings. The molecule has 1 amide bonds. The zero-order valence-corrected chi connectivity index (χ0v) is 11.7. The standard InChI is InChI=1S/C13H26N2O3/c1-4-6-11(13(17)18)9-15-12(16)7-5-8-14-10(2)3/h10-11,14H,4-9H2,1-3H3,(H,15,16)(H,17,18). The molecule has 0 saturated carbocycles. The van der Waals surface area contributed by atoms with E-state index >= 15 is 0 Å². The van der Waals surface area contributed by atoms with Crippen molar-refractivity contribution in [3.63, 3.8) is 0 Å². The minimum absolute atomic E-state index is 0.0668. The molecule has 0 saturated heterocycles. The van der Waals surface area contributed by atoms with Crippen molar-refractivity contribution < 1.29 is 14.7 Å². The summed E-state index contributed by atoms with van der Waals surface area (Å²) in [5.41, 5.74) is 0. The predicted octanol–water partition coefficient (Wildman–Crippen LogP) is 1.38. The van der Waals surface area contributed by atoms with Crippen LogP contribution in [0.1, 0.15) is 46.5 Å². The Bertz CT molecular complexity index is 255. The lowest BCUT2D eigenvalue weighted by Crippen LogP contribution is -2.33. The SMILES string of the molecule is CCCC(CNC(=O)CCCNC(C)C)C(=O)O. The maximum Gasteiger partial charge on any atom is 0.308 e. The van der Waals surface area contributed by atoms with E-state index in [1.54, 1.807) is 0 Å². The van der Waals surface area contributed by atoms with Crippen molar-refractivity contribution in [2.75, 3.05) is 13.1 Å². The Kier molecular flexibility index (Phi) is 9.28. The molecule has 0 aromatic carbocycles. The quantitative estimate of drug-likeness (QED) is 0.517. The number of nitrogens with one attached hydrogen (secondary N) is 2. The van der Waals surface area contributed by atoms with Crippen molar-refractivity contribution in [2.24, 2.45) is 5.92 Å². The van der Waals surface area contributed by atoms with E-state index in [1.807, 2.05) is 6.92 Å². The van der Waals surface area contributed by atoms with Crippen molar-refractivity contribution >= 4 is 11.9 Å². The Balaban J connectivity index is 3.70. The van der Waals surface area contributed by atoms with E-state index in [2.05, 4.69) is 24.5 Å². The highest BCUT2D eigenvalue weighted by molar-refractivity contribution is 5.77. The molecule has 3 N–H and O–H groups in total. The van der Waals surface area contributed by atoms with Gasteiger partial charge >= 0.3 is 5.97 Å². The summed E-state index contributed by atoms with van der Waals surface area (Å²) in [5, 5.41) is 14.9. The van der Waals surface area contributed by atoms with Gasteiger partial charge in [-0.25, -0.2) is 0 Å². The molecule has 0 rings (SSSR count). The second-order valence-corrected chi connectivity index (χ2v) is 4.84. The number of carboxylic acids is 1. The van der Waals surface area contributed by atoms with Gasteiger partial charge in [-0.15, -0.1) is 0 Å². The van der Waals surface area contributed by atoms with Gasteiger partial charge in [-0.05, 0) is 19.4 Å². The predicted molar refractivity (Wildman–Crippen MR) is 71.4 cm³/mol. The van der Waals surface area contributed by atoms with Crippen LogP contribution in [0.2, 0.25) is 0 Å². The van der Waals surface area contributed by atoms with Crippen LogP contribution in [-0.2, 0) is 9.59 Å². The average Bonchev–Trinajstić information content (AvgIpc) is 2.29. The Hall–Kier alpha value is -1.10. The number of aliphatic carboxylic acids is 1. The molecule has 0 aliphatic rings. The van der Waals surface area contributed by atoms with Gasteiger partial charge in [0, 0.05) is 19.0 Å². The number of amides is 1. The van der Waals surface area contributed by atoms with E-state index in [0.29, 0.717) is 18.9 Å². The van der Waals surface area contributed by atoms with Crippen molar-refractivity contribution in [2.45, 2.75) is 52.5 Å². The molecular formula is C13H26N2O3. The molecule has 0 spiro atoms.